The van der Waals surface area contributed by atoms with Crippen LogP contribution in [0.5, 0.6) is 0 Å². The molecule has 1 aliphatic rings. The SMILES string of the molecule is O=C(COC(=O)c1c2c(nc3ccccc13)CCC2)Nc1cc(C(F)(F)F)cc(C(F)(F)F)c1. The van der Waals surface area contributed by atoms with Gasteiger partial charge in [-0.05, 0) is 49.1 Å². The number of rotatable bonds is 4. The molecule has 3 aromatic rings. The van der Waals surface area contributed by atoms with Gasteiger partial charge in [-0.3, -0.25) is 9.78 Å². The monoisotopic (exact) mass is 482 g/mol. The number of amides is 1. The van der Waals surface area contributed by atoms with E-state index >= 15 is 0 Å². The van der Waals surface area contributed by atoms with Gasteiger partial charge in [-0.1, -0.05) is 18.2 Å². The maximum absolute atomic E-state index is 13.0. The standard InChI is InChI=1S/C23H16F6N2O3/c24-22(25,26)12-8-13(23(27,28)29)10-14(9-12)30-19(32)11-34-21(33)20-15-4-1-2-6-17(15)31-18-7-3-5-16(18)20/h1-2,4,6,8-10H,3,5,7,11H2,(H,30,32). The molecule has 0 saturated heterocycles. The third-order valence-corrected chi connectivity index (χ3v) is 5.33. The molecular weight excluding hydrogens is 466 g/mol. The highest BCUT2D eigenvalue weighted by Crippen LogP contribution is 2.37. The first-order valence-corrected chi connectivity index (χ1v) is 10.1. The number of halogens is 6. The second-order valence-corrected chi connectivity index (χ2v) is 7.70. The van der Waals surface area contributed by atoms with Crippen LogP contribution < -0.4 is 5.32 Å². The van der Waals surface area contributed by atoms with Crippen LogP contribution in [0, 0.1) is 0 Å². The lowest BCUT2D eigenvalue weighted by Crippen LogP contribution is -2.22. The molecule has 0 spiro atoms. The van der Waals surface area contributed by atoms with Gasteiger partial charge < -0.3 is 10.1 Å². The van der Waals surface area contributed by atoms with Crippen molar-refractivity contribution >= 4 is 28.5 Å². The van der Waals surface area contributed by atoms with Crippen LogP contribution in [0.15, 0.2) is 42.5 Å². The number of nitrogens with zero attached hydrogens (tertiary/aromatic N) is 1. The number of aryl methyl sites for hydroxylation is 1. The molecule has 4 rings (SSSR count). The Balaban J connectivity index is 1.53. The summed E-state index contributed by atoms with van der Waals surface area (Å²) in [7, 11) is 0. The van der Waals surface area contributed by atoms with Gasteiger partial charge in [-0.2, -0.15) is 26.3 Å². The molecule has 0 atom stereocenters. The average molecular weight is 482 g/mol. The van der Waals surface area contributed by atoms with Gasteiger partial charge in [-0.25, -0.2) is 4.79 Å². The molecule has 11 heteroatoms. The lowest BCUT2D eigenvalue weighted by atomic mass is 10.0. The number of benzene rings is 2. The van der Waals surface area contributed by atoms with Crippen LogP contribution in [0.1, 0.15) is 39.2 Å². The maximum Gasteiger partial charge on any atom is 0.416 e. The molecule has 1 amide bonds. The summed E-state index contributed by atoms with van der Waals surface area (Å²) >= 11 is 0. The number of carbonyl (C=O) groups is 2. The lowest BCUT2D eigenvalue weighted by molar-refractivity contribution is -0.143. The molecule has 0 bridgehead atoms. The highest BCUT2D eigenvalue weighted by atomic mass is 19.4. The van der Waals surface area contributed by atoms with Crippen molar-refractivity contribution in [3.05, 3.63) is 70.4 Å². The van der Waals surface area contributed by atoms with Crippen LogP contribution in [-0.4, -0.2) is 23.5 Å². The van der Waals surface area contributed by atoms with Gasteiger partial charge in [0, 0.05) is 16.8 Å². The number of ether oxygens (including phenoxy) is 1. The maximum atomic E-state index is 13.0. The van der Waals surface area contributed by atoms with E-state index in [-0.39, 0.29) is 11.6 Å². The first-order valence-electron chi connectivity index (χ1n) is 10.1. The summed E-state index contributed by atoms with van der Waals surface area (Å²) < 4.78 is 83.1. The summed E-state index contributed by atoms with van der Waals surface area (Å²) in [6, 6.07) is 7.56. The second kappa shape index (κ2) is 8.62. The molecule has 0 aliphatic heterocycles. The van der Waals surface area contributed by atoms with Gasteiger partial charge in [0.15, 0.2) is 6.61 Å². The van der Waals surface area contributed by atoms with E-state index in [9.17, 15) is 35.9 Å². The van der Waals surface area contributed by atoms with Gasteiger partial charge in [0.25, 0.3) is 5.91 Å². The Morgan fingerprint density at radius 1 is 0.941 bits per heavy atom. The molecule has 1 heterocycles. The van der Waals surface area contributed by atoms with Crippen molar-refractivity contribution < 1.29 is 40.7 Å². The van der Waals surface area contributed by atoms with E-state index < -0.39 is 47.7 Å². The van der Waals surface area contributed by atoms with Crippen LogP contribution in [0.25, 0.3) is 10.9 Å². The van der Waals surface area contributed by atoms with Gasteiger partial charge in [-0.15, -0.1) is 0 Å². The van der Waals surface area contributed by atoms with E-state index in [1.54, 1.807) is 24.3 Å². The summed E-state index contributed by atoms with van der Waals surface area (Å²) in [6.45, 7) is -0.901. The zero-order valence-electron chi connectivity index (χ0n) is 17.3. The van der Waals surface area contributed by atoms with Crippen molar-refractivity contribution in [2.75, 3.05) is 11.9 Å². The Morgan fingerprint density at radius 2 is 1.59 bits per heavy atom. The van der Waals surface area contributed by atoms with Crippen LogP contribution in [0.2, 0.25) is 0 Å². The number of carbonyl (C=O) groups excluding carboxylic acids is 2. The second-order valence-electron chi connectivity index (χ2n) is 7.70. The third kappa shape index (κ3) is 4.82. The van der Waals surface area contributed by atoms with Gasteiger partial charge in [0.2, 0.25) is 0 Å². The average Bonchev–Trinajstić information content (AvgIpc) is 3.22. The fourth-order valence-corrected chi connectivity index (χ4v) is 3.87. The summed E-state index contributed by atoms with van der Waals surface area (Å²) in [4.78, 5) is 29.6. The number of pyridine rings is 1. The molecule has 2 aromatic carbocycles. The normalized spacial score (nSPS) is 13.6. The molecule has 0 unspecified atom stereocenters. The Hall–Kier alpha value is -3.63. The smallest absolute Gasteiger partial charge is 0.416 e. The molecule has 1 N–H and O–H groups in total. The fraction of sp³-hybridized carbons (Fsp3) is 0.261. The predicted molar refractivity (Wildman–Crippen MR) is 109 cm³/mol. The minimum absolute atomic E-state index is 0.0508. The Bertz CT molecular complexity index is 1250. The van der Waals surface area contributed by atoms with E-state index in [4.69, 9.17) is 4.74 Å². The number of alkyl halides is 6. The molecule has 0 fully saturated rings. The first-order chi connectivity index (χ1) is 15.9. The van der Waals surface area contributed by atoms with E-state index in [2.05, 4.69) is 4.98 Å². The number of anilines is 1. The number of esters is 1. The van der Waals surface area contributed by atoms with Gasteiger partial charge in [0.1, 0.15) is 0 Å². The number of fused-ring (bicyclic) bond motifs is 2. The summed E-state index contributed by atoms with van der Waals surface area (Å²) in [5, 5.41) is 2.46. The quantitative estimate of drug-likeness (QED) is 0.391. The van der Waals surface area contributed by atoms with E-state index in [1.165, 1.54) is 0 Å². The molecule has 1 aliphatic carbocycles. The Morgan fingerprint density at radius 3 is 2.24 bits per heavy atom. The highest BCUT2D eigenvalue weighted by molar-refractivity contribution is 6.06. The zero-order chi connectivity index (χ0) is 24.7. The van der Waals surface area contributed by atoms with E-state index in [0.29, 0.717) is 41.4 Å². The number of nitrogens with one attached hydrogen (secondary N) is 1. The summed E-state index contributed by atoms with van der Waals surface area (Å²) in [5.41, 5.74) is -1.59. The molecule has 1 aromatic heterocycles. The topological polar surface area (TPSA) is 68.3 Å². The van der Waals surface area contributed by atoms with Crippen molar-refractivity contribution in [3.63, 3.8) is 0 Å². The van der Waals surface area contributed by atoms with Crippen LogP contribution >= 0.6 is 0 Å². The number of aromatic nitrogens is 1. The molecular formula is C23H16F6N2O3. The third-order valence-electron chi connectivity index (χ3n) is 5.33. The fourth-order valence-electron chi connectivity index (χ4n) is 3.87. The molecule has 34 heavy (non-hydrogen) atoms. The van der Waals surface area contributed by atoms with Crippen molar-refractivity contribution in [2.24, 2.45) is 0 Å². The van der Waals surface area contributed by atoms with Gasteiger partial charge in [0.05, 0.1) is 22.2 Å². The zero-order valence-corrected chi connectivity index (χ0v) is 17.3. The van der Waals surface area contributed by atoms with Crippen LogP contribution in [0.4, 0.5) is 32.0 Å². The summed E-state index contributed by atoms with van der Waals surface area (Å²) in [5.74, 6) is -1.91. The number of para-hydroxylation sites is 1. The van der Waals surface area contributed by atoms with Crippen molar-refractivity contribution in [1.82, 2.24) is 4.98 Å². The van der Waals surface area contributed by atoms with Crippen LogP contribution in [0.3, 0.4) is 0 Å². The largest absolute Gasteiger partial charge is 0.452 e. The Kier molecular flexibility index (Phi) is 5.96. The van der Waals surface area contributed by atoms with Crippen molar-refractivity contribution in [1.29, 1.82) is 0 Å². The molecule has 178 valence electrons. The van der Waals surface area contributed by atoms with E-state index in [0.717, 1.165) is 12.1 Å². The molecule has 0 radical (unpaired) electrons. The van der Waals surface area contributed by atoms with Crippen molar-refractivity contribution in [3.8, 4) is 0 Å². The number of hydrogen-bond acceptors (Lipinski definition) is 4. The lowest BCUT2D eigenvalue weighted by Gasteiger charge is -2.15. The van der Waals surface area contributed by atoms with E-state index in [1.807, 2.05) is 5.32 Å². The van der Waals surface area contributed by atoms with Crippen LogP contribution in [-0.2, 0) is 34.7 Å². The summed E-state index contributed by atoms with van der Waals surface area (Å²) in [6.07, 6.45) is -8.06. The minimum atomic E-state index is -5.06. The first kappa shape index (κ1) is 23.5. The van der Waals surface area contributed by atoms with Gasteiger partial charge >= 0.3 is 18.3 Å². The highest BCUT2D eigenvalue weighted by Gasteiger charge is 2.37. The number of hydrogen-bond donors (Lipinski definition) is 1. The molecule has 5 nitrogen and oxygen atoms in total. The minimum Gasteiger partial charge on any atom is -0.452 e. The molecule has 0 saturated carbocycles. The predicted octanol–water partition coefficient (Wildman–Crippen LogP) is 5.56. The Labute approximate surface area is 188 Å². The van der Waals surface area contributed by atoms with Crippen molar-refractivity contribution in [2.45, 2.75) is 31.6 Å².